The quantitative estimate of drug-likeness (QED) is 0.746. The Balaban J connectivity index is 1.96. The van der Waals surface area contributed by atoms with E-state index in [1.54, 1.807) is 19.1 Å². The molecule has 1 aliphatic rings. The normalized spacial score (nSPS) is 19.7. The van der Waals surface area contributed by atoms with Crippen molar-refractivity contribution in [1.29, 1.82) is 0 Å². The van der Waals surface area contributed by atoms with Gasteiger partial charge in [0.05, 0.1) is 11.7 Å². The molecule has 0 radical (unpaired) electrons. The molecule has 0 spiro atoms. The van der Waals surface area contributed by atoms with Crippen LogP contribution in [0.5, 0.6) is 0 Å². The van der Waals surface area contributed by atoms with Crippen LogP contribution in [0.2, 0.25) is 0 Å². The Bertz CT molecular complexity index is 662. The minimum Gasteiger partial charge on any atom is -0.313 e. The topological polar surface area (TPSA) is 9.23 Å². The molecule has 0 amide bonds. The smallest absolute Gasteiger partial charge is 0.313 e. The van der Waals surface area contributed by atoms with Crippen molar-refractivity contribution in [2.45, 2.75) is 45.3 Å². The number of hydrogen-bond donors (Lipinski definition) is 0. The molecule has 0 aliphatic carbocycles. The lowest BCUT2D eigenvalue weighted by Gasteiger charge is -2.30. The summed E-state index contributed by atoms with van der Waals surface area (Å²) in [4.78, 5) is 0. The first-order chi connectivity index (χ1) is 10.5. The first kappa shape index (κ1) is 15.2. The third-order valence-corrected chi connectivity index (χ3v) is 4.11. The summed E-state index contributed by atoms with van der Waals surface area (Å²) in [6.45, 7) is 3.82. The van der Waals surface area contributed by atoms with Crippen molar-refractivity contribution in [2.75, 3.05) is 0 Å². The fraction of sp³-hybridized carbons (Fsp3) is 0.368. The molecule has 0 aromatic heterocycles. The van der Waals surface area contributed by atoms with Crippen LogP contribution in [0.3, 0.4) is 0 Å². The SMILES string of the molecule is CCCc1ccc(-c2ccc3c(c2)C(F)(F)OC(C)C3)cc1. The first-order valence-corrected chi connectivity index (χ1v) is 7.78. The van der Waals surface area contributed by atoms with E-state index in [1.165, 1.54) is 5.56 Å². The monoisotopic (exact) mass is 302 g/mol. The maximum Gasteiger partial charge on any atom is 0.383 e. The van der Waals surface area contributed by atoms with Crippen LogP contribution in [0, 0.1) is 0 Å². The number of alkyl halides is 2. The lowest BCUT2D eigenvalue weighted by Crippen LogP contribution is -2.32. The van der Waals surface area contributed by atoms with Crippen LogP contribution in [0.4, 0.5) is 8.78 Å². The number of hydrogen-bond acceptors (Lipinski definition) is 1. The highest BCUT2D eigenvalue weighted by Gasteiger charge is 2.41. The Morgan fingerprint density at radius 1 is 1.09 bits per heavy atom. The summed E-state index contributed by atoms with van der Waals surface area (Å²) in [5.74, 6) is 0. The van der Waals surface area contributed by atoms with Gasteiger partial charge in [0.1, 0.15) is 0 Å². The van der Waals surface area contributed by atoms with Crippen LogP contribution in [0.25, 0.3) is 11.1 Å². The lowest BCUT2D eigenvalue weighted by molar-refractivity contribution is -0.277. The predicted molar refractivity (Wildman–Crippen MR) is 84.0 cm³/mol. The maximum atomic E-state index is 14.1. The number of aryl methyl sites for hydroxylation is 1. The summed E-state index contributed by atoms with van der Waals surface area (Å²) >= 11 is 0. The molecule has 116 valence electrons. The Morgan fingerprint density at radius 3 is 2.45 bits per heavy atom. The Morgan fingerprint density at radius 2 is 1.77 bits per heavy atom. The summed E-state index contributed by atoms with van der Waals surface area (Å²) in [5, 5.41) is 0. The van der Waals surface area contributed by atoms with Gasteiger partial charge in [0.2, 0.25) is 0 Å². The van der Waals surface area contributed by atoms with Crippen LogP contribution in [0.1, 0.15) is 37.0 Å². The van der Waals surface area contributed by atoms with Crippen LogP contribution in [-0.2, 0) is 23.7 Å². The average Bonchev–Trinajstić information content (AvgIpc) is 2.47. The molecular formula is C19H20F2O. The minimum absolute atomic E-state index is 0.000680. The lowest BCUT2D eigenvalue weighted by atomic mass is 9.93. The van der Waals surface area contributed by atoms with Gasteiger partial charge in [-0.05, 0) is 48.1 Å². The highest BCUT2D eigenvalue weighted by atomic mass is 19.3. The third kappa shape index (κ3) is 2.91. The largest absolute Gasteiger partial charge is 0.383 e. The number of rotatable bonds is 3. The number of fused-ring (bicyclic) bond motifs is 1. The molecule has 0 saturated heterocycles. The summed E-state index contributed by atoms with van der Waals surface area (Å²) in [5.41, 5.74) is 3.71. The van der Waals surface area contributed by atoms with Gasteiger partial charge < -0.3 is 4.74 Å². The molecule has 1 heterocycles. The molecule has 0 N–H and O–H groups in total. The fourth-order valence-corrected chi connectivity index (χ4v) is 3.03. The molecular weight excluding hydrogens is 282 g/mol. The zero-order valence-corrected chi connectivity index (χ0v) is 12.9. The van der Waals surface area contributed by atoms with Crippen LogP contribution in [-0.4, -0.2) is 6.10 Å². The zero-order valence-electron chi connectivity index (χ0n) is 12.9. The molecule has 22 heavy (non-hydrogen) atoms. The number of halogens is 2. The highest BCUT2D eigenvalue weighted by Crippen LogP contribution is 2.40. The van der Waals surface area contributed by atoms with Crippen molar-refractivity contribution < 1.29 is 13.5 Å². The van der Waals surface area contributed by atoms with E-state index in [4.69, 9.17) is 4.74 Å². The average molecular weight is 302 g/mol. The van der Waals surface area contributed by atoms with Crippen molar-refractivity contribution in [2.24, 2.45) is 0 Å². The standard InChI is InChI=1S/C19H20F2O/c1-3-4-14-5-7-15(8-6-14)16-9-10-17-11-13(2)22-19(20,21)18(17)12-16/h5-10,12-13H,3-4,11H2,1-2H3. The molecule has 2 aromatic carbocycles. The molecule has 0 saturated carbocycles. The zero-order chi connectivity index (χ0) is 15.7. The first-order valence-electron chi connectivity index (χ1n) is 7.78. The second-order valence-electron chi connectivity index (χ2n) is 5.97. The fourth-order valence-electron chi connectivity index (χ4n) is 3.03. The second kappa shape index (κ2) is 5.81. The summed E-state index contributed by atoms with van der Waals surface area (Å²) in [7, 11) is 0. The van der Waals surface area contributed by atoms with E-state index in [0.29, 0.717) is 12.0 Å². The minimum atomic E-state index is -3.20. The van der Waals surface area contributed by atoms with Gasteiger partial charge in [-0.15, -0.1) is 0 Å². The molecule has 1 unspecified atom stereocenters. The summed E-state index contributed by atoms with van der Waals surface area (Å²) < 4.78 is 33.0. The Hall–Kier alpha value is -1.74. The van der Waals surface area contributed by atoms with Crippen LogP contribution in [0.15, 0.2) is 42.5 Å². The molecule has 2 aromatic rings. The van der Waals surface area contributed by atoms with Gasteiger partial charge in [-0.3, -0.25) is 0 Å². The van der Waals surface area contributed by atoms with Crippen LogP contribution >= 0.6 is 0 Å². The van der Waals surface area contributed by atoms with Gasteiger partial charge in [-0.2, -0.15) is 8.78 Å². The second-order valence-corrected chi connectivity index (χ2v) is 5.97. The van der Waals surface area contributed by atoms with E-state index in [2.05, 4.69) is 19.1 Å². The summed E-state index contributed by atoms with van der Waals surface area (Å²) in [6, 6.07) is 13.4. The van der Waals surface area contributed by atoms with Crippen molar-refractivity contribution in [3.63, 3.8) is 0 Å². The van der Waals surface area contributed by atoms with Gasteiger partial charge >= 0.3 is 6.11 Å². The van der Waals surface area contributed by atoms with Crippen molar-refractivity contribution in [3.05, 3.63) is 59.2 Å². The van der Waals surface area contributed by atoms with E-state index in [9.17, 15) is 8.78 Å². The molecule has 3 rings (SSSR count). The molecule has 3 heteroatoms. The van der Waals surface area contributed by atoms with Gasteiger partial charge in [-0.1, -0.05) is 49.7 Å². The predicted octanol–water partition coefficient (Wildman–Crippen LogP) is 5.32. The van der Waals surface area contributed by atoms with Gasteiger partial charge in [-0.25, -0.2) is 0 Å². The van der Waals surface area contributed by atoms with E-state index in [-0.39, 0.29) is 5.56 Å². The number of benzene rings is 2. The molecule has 1 atom stereocenters. The summed E-state index contributed by atoms with van der Waals surface area (Å²) in [6.07, 6.45) is -0.998. The van der Waals surface area contributed by atoms with Gasteiger partial charge in [0.25, 0.3) is 0 Å². The molecule has 1 aliphatic heterocycles. The van der Waals surface area contributed by atoms with E-state index >= 15 is 0 Å². The Kier molecular flexibility index (Phi) is 4.00. The van der Waals surface area contributed by atoms with Gasteiger partial charge in [0, 0.05) is 0 Å². The third-order valence-electron chi connectivity index (χ3n) is 4.11. The van der Waals surface area contributed by atoms with Crippen molar-refractivity contribution >= 4 is 0 Å². The van der Waals surface area contributed by atoms with Crippen LogP contribution < -0.4 is 0 Å². The molecule has 0 fully saturated rings. The van der Waals surface area contributed by atoms with E-state index in [0.717, 1.165) is 24.0 Å². The highest BCUT2D eigenvalue weighted by molar-refractivity contribution is 5.65. The molecule has 0 bridgehead atoms. The maximum absolute atomic E-state index is 14.1. The van der Waals surface area contributed by atoms with Gasteiger partial charge in [0.15, 0.2) is 0 Å². The molecule has 1 nitrogen and oxygen atoms in total. The van der Waals surface area contributed by atoms with Crippen molar-refractivity contribution in [3.8, 4) is 11.1 Å². The van der Waals surface area contributed by atoms with E-state index < -0.39 is 12.2 Å². The van der Waals surface area contributed by atoms with Crippen molar-refractivity contribution in [1.82, 2.24) is 0 Å². The number of ether oxygens (including phenoxy) is 1. The Labute approximate surface area is 129 Å². The van der Waals surface area contributed by atoms with E-state index in [1.807, 2.05) is 18.2 Å².